The fourth-order valence-corrected chi connectivity index (χ4v) is 3.71. The number of anilines is 1. The van der Waals surface area contributed by atoms with Crippen molar-refractivity contribution in [1.82, 2.24) is 4.90 Å². The molecule has 1 fully saturated rings. The SMILES string of the molecule is COc1ccc(NC(=O)[C@H]2CCCN(C(=O)c3ccc(Cl)cc3)C2)c(OC)c1OC. The van der Waals surface area contributed by atoms with Gasteiger partial charge in [-0.2, -0.15) is 0 Å². The minimum atomic E-state index is -0.326. The lowest BCUT2D eigenvalue weighted by Gasteiger charge is -2.32. The van der Waals surface area contributed by atoms with Gasteiger partial charge in [0.25, 0.3) is 5.91 Å². The summed E-state index contributed by atoms with van der Waals surface area (Å²) in [6.45, 7) is 0.966. The van der Waals surface area contributed by atoms with Gasteiger partial charge in [-0.1, -0.05) is 11.6 Å². The first-order valence-corrected chi connectivity index (χ1v) is 10.0. The molecule has 0 saturated carbocycles. The number of amides is 2. The van der Waals surface area contributed by atoms with Crippen LogP contribution in [0.15, 0.2) is 36.4 Å². The highest BCUT2D eigenvalue weighted by Gasteiger charge is 2.30. The van der Waals surface area contributed by atoms with E-state index in [-0.39, 0.29) is 17.7 Å². The number of ether oxygens (including phenoxy) is 3. The van der Waals surface area contributed by atoms with Crippen LogP contribution < -0.4 is 19.5 Å². The van der Waals surface area contributed by atoms with Crippen molar-refractivity contribution in [3.8, 4) is 17.2 Å². The van der Waals surface area contributed by atoms with E-state index in [1.165, 1.54) is 21.3 Å². The van der Waals surface area contributed by atoms with Gasteiger partial charge in [-0.3, -0.25) is 9.59 Å². The highest BCUT2D eigenvalue weighted by molar-refractivity contribution is 6.30. The largest absolute Gasteiger partial charge is 0.493 e. The van der Waals surface area contributed by atoms with E-state index in [1.54, 1.807) is 41.3 Å². The number of nitrogens with zero attached hydrogens (tertiary/aromatic N) is 1. The number of likely N-dealkylation sites (tertiary alicyclic amines) is 1. The topological polar surface area (TPSA) is 77.1 Å². The highest BCUT2D eigenvalue weighted by Crippen LogP contribution is 2.42. The average Bonchev–Trinajstić information content (AvgIpc) is 2.78. The zero-order valence-electron chi connectivity index (χ0n) is 17.2. The van der Waals surface area contributed by atoms with Gasteiger partial charge in [-0.05, 0) is 49.2 Å². The van der Waals surface area contributed by atoms with Crippen LogP contribution in [-0.4, -0.2) is 51.1 Å². The number of nitrogens with one attached hydrogen (secondary N) is 1. The molecule has 160 valence electrons. The Morgan fingerprint density at radius 3 is 2.33 bits per heavy atom. The van der Waals surface area contributed by atoms with Crippen LogP contribution >= 0.6 is 11.6 Å². The zero-order valence-corrected chi connectivity index (χ0v) is 18.0. The summed E-state index contributed by atoms with van der Waals surface area (Å²) in [6.07, 6.45) is 1.45. The molecule has 3 rings (SSSR count). The molecule has 0 bridgehead atoms. The molecule has 2 aromatic rings. The third-order valence-electron chi connectivity index (χ3n) is 5.13. The second kappa shape index (κ2) is 9.71. The fourth-order valence-electron chi connectivity index (χ4n) is 3.59. The van der Waals surface area contributed by atoms with E-state index in [0.29, 0.717) is 53.0 Å². The molecule has 2 aromatic carbocycles. The summed E-state index contributed by atoms with van der Waals surface area (Å²) >= 11 is 5.90. The smallest absolute Gasteiger partial charge is 0.253 e. The maximum Gasteiger partial charge on any atom is 0.253 e. The lowest BCUT2D eigenvalue weighted by Crippen LogP contribution is -2.43. The fraction of sp³-hybridized carbons (Fsp3) is 0.364. The number of piperidine rings is 1. The van der Waals surface area contributed by atoms with Gasteiger partial charge in [0.1, 0.15) is 0 Å². The molecule has 1 atom stereocenters. The number of hydrogen-bond acceptors (Lipinski definition) is 5. The standard InChI is InChI=1S/C22H25ClN2O5/c1-28-18-11-10-17(19(29-2)20(18)30-3)24-21(26)15-5-4-12-25(13-15)22(27)14-6-8-16(23)9-7-14/h6-11,15H,4-5,12-13H2,1-3H3,(H,24,26)/t15-/m0/s1. The quantitative estimate of drug-likeness (QED) is 0.750. The third kappa shape index (κ3) is 4.62. The van der Waals surface area contributed by atoms with E-state index in [1.807, 2.05) is 0 Å². The van der Waals surface area contributed by atoms with Crippen LogP contribution in [0.25, 0.3) is 0 Å². The molecule has 0 aromatic heterocycles. The first-order valence-electron chi connectivity index (χ1n) is 9.63. The molecule has 8 heteroatoms. The van der Waals surface area contributed by atoms with Gasteiger partial charge in [0.05, 0.1) is 32.9 Å². The number of halogens is 1. The van der Waals surface area contributed by atoms with Crippen LogP contribution in [0.4, 0.5) is 5.69 Å². The predicted octanol–water partition coefficient (Wildman–Crippen LogP) is 3.86. The molecule has 1 N–H and O–H groups in total. The number of carbonyl (C=O) groups excluding carboxylic acids is 2. The van der Waals surface area contributed by atoms with Crippen LogP contribution in [0.1, 0.15) is 23.2 Å². The summed E-state index contributed by atoms with van der Waals surface area (Å²) < 4.78 is 16.1. The summed E-state index contributed by atoms with van der Waals surface area (Å²) in [6, 6.07) is 10.2. The van der Waals surface area contributed by atoms with Crippen molar-refractivity contribution in [2.75, 3.05) is 39.7 Å². The summed E-state index contributed by atoms with van der Waals surface area (Å²) in [5.41, 5.74) is 1.04. The van der Waals surface area contributed by atoms with Gasteiger partial charge in [0.2, 0.25) is 11.7 Å². The van der Waals surface area contributed by atoms with Crippen LogP contribution in [0.5, 0.6) is 17.2 Å². The normalized spacial score (nSPS) is 16.0. The number of rotatable bonds is 6. The minimum absolute atomic E-state index is 0.104. The first-order chi connectivity index (χ1) is 14.5. The Bertz CT molecular complexity index is 916. The van der Waals surface area contributed by atoms with Gasteiger partial charge in [-0.25, -0.2) is 0 Å². The van der Waals surface area contributed by atoms with Gasteiger partial charge in [0.15, 0.2) is 11.5 Å². The Kier molecular flexibility index (Phi) is 7.05. The van der Waals surface area contributed by atoms with Crippen LogP contribution in [0, 0.1) is 5.92 Å². The van der Waals surface area contributed by atoms with E-state index in [9.17, 15) is 9.59 Å². The van der Waals surface area contributed by atoms with E-state index < -0.39 is 0 Å². The lowest BCUT2D eigenvalue weighted by atomic mass is 9.96. The molecule has 0 aliphatic carbocycles. The molecule has 1 heterocycles. The third-order valence-corrected chi connectivity index (χ3v) is 5.38. The van der Waals surface area contributed by atoms with Crippen molar-refractivity contribution in [2.45, 2.75) is 12.8 Å². The van der Waals surface area contributed by atoms with Crippen molar-refractivity contribution in [2.24, 2.45) is 5.92 Å². The van der Waals surface area contributed by atoms with Gasteiger partial charge < -0.3 is 24.4 Å². The summed E-state index contributed by atoms with van der Waals surface area (Å²) in [5, 5.41) is 3.48. The maximum absolute atomic E-state index is 12.9. The molecule has 0 spiro atoms. The number of methoxy groups -OCH3 is 3. The molecule has 2 amide bonds. The Morgan fingerprint density at radius 1 is 1.00 bits per heavy atom. The van der Waals surface area contributed by atoms with Crippen molar-refractivity contribution in [1.29, 1.82) is 0 Å². The molecule has 0 unspecified atom stereocenters. The Morgan fingerprint density at radius 2 is 1.70 bits per heavy atom. The van der Waals surface area contributed by atoms with E-state index in [0.717, 1.165) is 6.42 Å². The van der Waals surface area contributed by atoms with Gasteiger partial charge in [0, 0.05) is 23.7 Å². The van der Waals surface area contributed by atoms with Gasteiger partial charge in [-0.15, -0.1) is 0 Å². The first kappa shape index (κ1) is 21.8. The summed E-state index contributed by atoms with van der Waals surface area (Å²) in [4.78, 5) is 27.4. The molecular weight excluding hydrogens is 408 g/mol. The molecule has 1 aliphatic heterocycles. The average molecular weight is 433 g/mol. The molecule has 1 aliphatic rings. The second-order valence-electron chi connectivity index (χ2n) is 6.97. The number of hydrogen-bond donors (Lipinski definition) is 1. The van der Waals surface area contributed by atoms with Crippen LogP contribution in [0.2, 0.25) is 5.02 Å². The minimum Gasteiger partial charge on any atom is -0.493 e. The van der Waals surface area contributed by atoms with E-state index in [4.69, 9.17) is 25.8 Å². The Labute approximate surface area is 180 Å². The molecular formula is C22H25ClN2O5. The number of carbonyl (C=O) groups is 2. The van der Waals surface area contributed by atoms with Crippen LogP contribution in [-0.2, 0) is 4.79 Å². The van der Waals surface area contributed by atoms with Gasteiger partial charge >= 0.3 is 0 Å². The van der Waals surface area contributed by atoms with Crippen LogP contribution in [0.3, 0.4) is 0 Å². The number of benzene rings is 2. The lowest BCUT2D eigenvalue weighted by molar-refractivity contribution is -0.121. The van der Waals surface area contributed by atoms with Crippen molar-refractivity contribution >= 4 is 29.1 Å². The highest BCUT2D eigenvalue weighted by atomic mass is 35.5. The maximum atomic E-state index is 12.9. The van der Waals surface area contributed by atoms with E-state index in [2.05, 4.69) is 5.32 Å². The molecule has 7 nitrogen and oxygen atoms in total. The summed E-state index contributed by atoms with van der Waals surface area (Å²) in [7, 11) is 4.54. The second-order valence-corrected chi connectivity index (χ2v) is 7.40. The van der Waals surface area contributed by atoms with Crippen molar-refractivity contribution < 1.29 is 23.8 Å². The van der Waals surface area contributed by atoms with Crippen molar-refractivity contribution in [3.05, 3.63) is 47.0 Å². The summed E-state index contributed by atoms with van der Waals surface area (Å²) in [5.74, 6) is 0.690. The molecule has 0 radical (unpaired) electrons. The van der Waals surface area contributed by atoms with E-state index >= 15 is 0 Å². The monoisotopic (exact) mass is 432 g/mol. The molecule has 30 heavy (non-hydrogen) atoms. The zero-order chi connectivity index (χ0) is 21.7. The Balaban J connectivity index is 1.73. The predicted molar refractivity (Wildman–Crippen MR) is 115 cm³/mol. The van der Waals surface area contributed by atoms with Crippen molar-refractivity contribution in [3.63, 3.8) is 0 Å². The Hall–Kier alpha value is -2.93. The molecule has 1 saturated heterocycles.